The molecule has 1 aromatic rings. The molecule has 1 aromatic carbocycles. The van der Waals surface area contributed by atoms with Gasteiger partial charge in [-0.2, -0.15) is 0 Å². The van der Waals surface area contributed by atoms with Crippen LogP contribution in [-0.4, -0.2) is 23.2 Å². The average Bonchev–Trinajstić information content (AvgIpc) is 2.37. The summed E-state index contributed by atoms with van der Waals surface area (Å²) in [5.74, 6) is -0.202. The lowest BCUT2D eigenvalue weighted by Crippen LogP contribution is -2.46. The van der Waals surface area contributed by atoms with Gasteiger partial charge in [-0.05, 0) is 36.8 Å². The first kappa shape index (κ1) is 14.1. The fourth-order valence-electron chi connectivity index (χ4n) is 2.14. The number of thiocarbonyl (C=S) groups is 1. The number of aromatic hydroxyl groups is 1. The van der Waals surface area contributed by atoms with Crippen LogP contribution in [0, 0.1) is 0 Å². The van der Waals surface area contributed by atoms with E-state index in [1.165, 1.54) is 13.2 Å². The number of rotatable bonds is 3. The first-order valence-corrected chi connectivity index (χ1v) is 6.30. The van der Waals surface area contributed by atoms with E-state index in [-0.39, 0.29) is 5.75 Å². The minimum Gasteiger partial charge on any atom is -0.504 e. The van der Waals surface area contributed by atoms with Crippen LogP contribution in [0.3, 0.4) is 0 Å². The standard InChI is InChI=1S/C13H15N3O3S/c1-6-10(12(14)18)11(16-13(20)15-6)7-3-4-8(17)9(5-7)19-2/h3-5,11,17H,1-2H3,(H2,14,18)(H2,15,16,20)/t11-/m0/s1. The van der Waals surface area contributed by atoms with E-state index in [4.69, 9.17) is 22.7 Å². The van der Waals surface area contributed by atoms with Gasteiger partial charge in [-0.1, -0.05) is 6.07 Å². The topological polar surface area (TPSA) is 96.6 Å². The molecule has 7 heteroatoms. The highest BCUT2D eigenvalue weighted by atomic mass is 32.1. The van der Waals surface area contributed by atoms with Gasteiger partial charge < -0.3 is 26.2 Å². The highest BCUT2D eigenvalue weighted by Gasteiger charge is 2.28. The molecule has 0 saturated heterocycles. The van der Waals surface area contributed by atoms with Crippen LogP contribution < -0.4 is 21.1 Å². The number of primary amides is 1. The van der Waals surface area contributed by atoms with Gasteiger partial charge >= 0.3 is 0 Å². The zero-order valence-electron chi connectivity index (χ0n) is 11.1. The molecular weight excluding hydrogens is 278 g/mol. The third-order valence-corrected chi connectivity index (χ3v) is 3.29. The van der Waals surface area contributed by atoms with Crippen LogP contribution >= 0.6 is 12.2 Å². The number of allylic oxidation sites excluding steroid dienone is 1. The van der Waals surface area contributed by atoms with E-state index in [0.717, 1.165) is 5.56 Å². The molecule has 106 valence electrons. The molecule has 0 spiro atoms. The zero-order valence-corrected chi connectivity index (χ0v) is 11.9. The van der Waals surface area contributed by atoms with Gasteiger partial charge in [-0.3, -0.25) is 4.79 Å². The van der Waals surface area contributed by atoms with Crippen LogP contribution in [-0.2, 0) is 4.79 Å². The molecule has 0 fully saturated rings. The number of benzene rings is 1. The predicted octanol–water partition coefficient (Wildman–Crippen LogP) is 0.679. The number of hydrogen-bond acceptors (Lipinski definition) is 4. The number of hydrogen-bond donors (Lipinski definition) is 4. The van der Waals surface area contributed by atoms with Gasteiger partial charge in [-0.25, -0.2) is 0 Å². The maximum Gasteiger partial charge on any atom is 0.248 e. The Balaban J connectivity index is 2.51. The van der Waals surface area contributed by atoms with E-state index in [9.17, 15) is 9.90 Å². The third kappa shape index (κ3) is 2.53. The summed E-state index contributed by atoms with van der Waals surface area (Å²) in [6.45, 7) is 1.73. The lowest BCUT2D eigenvalue weighted by atomic mass is 9.95. The van der Waals surface area contributed by atoms with Crippen molar-refractivity contribution >= 4 is 23.2 Å². The molecule has 0 aliphatic carbocycles. The number of nitrogens with one attached hydrogen (secondary N) is 2. The van der Waals surface area contributed by atoms with Gasteiger partial charge in [-0.15, -0.1) is 0 Å². The summed E-state index contributed by atoms with van der Waals surface area (Å²) in [7, 11) is 1.45. The number of methoxy groups -OCH3 is 1. The average molecular weight is 293 g/mol. The van der Waals surface area contributed by atoms with Crippen molar-refractivity contribution in [1.29, 1.82) is 0 Å². The number of carbonyl (C=O) groups is 1. The number of ether oxygens (including phenoxy) is 1. The monoisotopic (exact) mass is 293 g/mol. The van der Waals surface area contributed by atoms with Crippen molar-refractivity contribution < 1.29 is 14.6 Å². The largest absolute Gasteiger partial charge is 0.504 e. The molecule has 1 aliphatic rings. The normalized spacial score (nSPS) is 18.3. The first-order valence-electron chi connectivity index (χ1n) is 5.89. The lowest BCUT2D eigenvalue weighted by Gasteiger charge is -2.29. The number of phenolic OH excluding ortho intramolecular Hbond substituents is 1. The van der Waals surface area contributed by atoms with Crippen LogP contribution in [0.2, 0.25) is 0 Å². The van der Waals surface area contributed by atoms with Crippen LogP contribution in [0.25, 0.3) is 0 Å². The summed E-state index contributed by atoms with van der Waals surface area (Å²) < 4.78 is 5.07. The predicted molar refractivity (Wildman–Crippen MR) is 78.2 cm³/mol. The summed E-state index contributed by atoms with van der Waals surface area (Å²) in [4.78, 5) is 11.6. The first-order chi connectivity index (χ1) is 9.43. The molecular formula is C13H15N3O3S. The number of amides is 1. The van der Waals surface area contributed by atoms with Crippen LogP contribution in [0.4, 0.5) is 0 Å². The quantitative estimate of drug-likeness (QED) is 0.612. The van der Waals surface area contributed by atoms with Gasteiger partial charge in [0.15, 0.2) is 16.6 Å². The van der Waals surface area contributed by atoms with E-state index < -0.39 is 11.9 Å². The molecule has 0 aromatic heterocycles. The van der Waals surface area contributed by atoms with E-state index in [1.54, 1.807) is 19.1 Å². The van der Waals surface area contributed by atoms with E-state index >= 15 is 0 Å². The highest BCUT2D eigenvalue weighted by Crippen LogP contribution is 2.33. The second-order valence-corrected chi connectivity index (χ2v) is 4.77. The Morgan fingerprint density at radius 1 is 1.50 bits per heavy atom. The molecule has 1 amide bonds. The minimum absolute atomic E-state index is 0.0223. The summed E-state index contributed by atoms with van der Waals surface area (Å²) in [5.41, 5.74) is 7.15. The fraction of sp³-hybridized carbons (Fsp3) is 0.231. The second kappa shape index (κ2) is 5.38. The molecule has 0 radical (unpaired) electrons. The molecule has 1 atom stereocenters. The molecule has 20 heavy (non-hydrogen) atoms. The van der Waals surface area contributed by atoms with Crippen LogP contribution in [0.5, 0.6) is 11.5 Å². The maximum absolute atomic E-state index is 11.6. The number of carbonyl (C=O) groups excluding carboxylic acids is 1. The Morgan fingerprint density at radius 3 is 2.80 bits per heavy atom. The van der Waals surface area contributed by atoms with Crippen molar-refractivity contribution in [1.82, 2.24) is 10.6 Å². The van der Waals surface area contributed by atoms with Gasteiger partial charge in [0.1, 0.15) is 0 Å². The van der Waals surface area contributed by atoms with Crippen molar-refractivity contribution in [3.05, 3.63) is 35.0 Å². The van der Waals surface area contributed by atoms with Gasteiger partial charge in [0.05, 0.1) is 18.7 Å². The van der Waals surface area contributed by atoms with Gasteiger partial charge in [0.25, 0.3) is 0 Å². The maximum atomic E-state index is 11.6. The molecule has 5 N–H and O–H groups in total. The molecule has 2 rings (SSSR count). The van der Waals surface area contributed by atoms with E-state index in [2.05, 4.69) is 10.6 Å². The van der Waals surface area contributed by atoms with E-state index in [0.29, 0.717) is 22.1 Å². The van der Waals surface area contributed by atoms with Gasteiger partial charge in [0, 0.05) is 5.70 Å². The number of phenols is 1. The second-order valence-electron chi connectivity index (χ2n) is 4.37. The van der Waals surface area contributed by atoms with Crippen molar-refractivity contribution in [2.45, 2.75) is 13.0 Å². The molecule has 1 aliphatic heterocycles. The Morgan fingerprint density at radius 2 is 2.20 bits per heavy atom. The molecule has 0 bridgehead atoms. The van der Waals surface area contributed by atoms with Gasteiger partial charge in [0.2, 0.25) is 5.91 Å². The van der Waals surface area contributed by atoms with Crippen molar-refractivity contribution in [2.75, 3.05) is 7.11 Å². The summed E-state index contributed by atoms with van der Waals surface area (Å²) in [6.07, 6.45) is 0. The number of nitrogens with two attached hydrogens (primary N) is 1. The Kier molecular flexibility index (Phi) is 3.80. The SMILES string of the molecule is COc1cc([C@@H]2NC(=S)NC(C)=C2C(N)=O)ccc1O. The molecule has 0 saturated carbocycles. The summed E-state index contributed by atoms with van der Waals surface area (Å²) >= 11 is 5.10. The summed E-state index contributed by atoms with van der Waals surface area (Å²) in [6, 6.07) is 4.34. The van der Waals surface area contributed by atoms with Crippen LogP contribution in [0.15, 0.2) is 29.5 Å². The zero-order chi connectivity index (χ0) is 14.9. The van der Waals surface area contributed by atoms with E-state index in [1.807, 2.05) is 0 Å². The third-order valence-electron chi connectivity index (χ3n) is 3.07. The van der Waals surface area contributed by atoms with Crippen molar-refractivity contribution in [3.63, 3.8) is 0 Å². The van der Waals surface area contributed by atoms with Crippen molar-refractivity contribution in [2.24, 2.45) is 5.73 Å². The lowest BCUT2D eigenvalue weighted by molar-refractivity contribution is -0.115. The Bertz CT molecular complexity index is 613. The van der Waals surface area contributed by atoms with Crippen molar-refractivity contribution in [3.8, 4) is 11.5 Å². The minimum atomic E-state index is -0.540. The molecule has 1 heterocycles. The smallest absolute Gasteiger partial charge is 0.248 e. The van der Waals surface area contributed by atoms with Crippen LogP contribution in [0.1, 0.15) is 18.5 Å². The summed E-state index contributed by atoms with van der Waals surface area (Å²) in [5, 5.41) is 15.9. The Labute approximate surface area is 121 Å². The fourth-order valence-corrected chi connectivity index (χ4v) is 2.42. The molecule has 6 nitrogen and oxygen atoms in total. The Hall–Kier alpha value is -2.28. The molecule has 0 unspecified atom stereocenters. The highest BCUT2D eigenvalue weighted by molar-refractivity contribution is 7.80.